The summed E-state index contributed by atoms with van der Waals surface area (Å²) in [5.41, 5.74) is 8.09. The summed E-state index contributed by atoms with van der Waals surface area (Å²) < 4.78 is 2.60. The summed E-state index contributed by atoms with van der Waals surface area (Å²) in [4.78, 5) is 5.44. The van der Waals surface area contributed by atoms with Gasteiger partial charge in [-0.1, -0.05) is 146 Å². The second kappa shape index (κ2) is 11.1. The largest absolute Gasteiger partial charge is 0.247 e. The molecule has 0 aliphatic carbocycles. The van der Waals surface area contributed by atoms with Crippen LogP contribution in [0.25, 0.3) is 108 Å². The van der Waals surface area contributed by atoms with E-state index in [0.29, 0.717) is 0 Å². The molecular formula is C49H29NS. The van der Waals surface area contributed by atoms with Crippen LogP contribution in [-0.2, 0) is 0 Å². The minimum absolute atomic E-state index is 1.02. The van der Waals surface area contributed by atoms with Gasteiger partial charge in [0.15, 0.2) is 0 Å². The molecule has 2 heteroatoms. The number of thiophene rings is 1. The molecule has 0 amide bonds. The van der Waals surface area contributed by atoms with Crippen molar-refractivity contribution < 1.29 is 0 Å². The summed E-state index contributed by atoms with van der Waals surface area (Å²) >= 11 is 1.87. The van der Waals surface area contributed by atoms with Gasteiger partial charge in [-0.15, -0.1) is 11.3 Å². The Morgan fingerprint density at radius 2 is 1.08 bits per heavy atom. The van der Waals surface area contributed by atoms with Crippen LogP contribution in [0.15, 0.2) is 176 Å². The van der Waals surface area contributed by atoms with E-state index in [4.69, 9.17) is 4.98 Å². The third-order valence-corrected chi connectivity index (χ3v) is 11.8. The summed E-state index contributed by atoms with van der Waals surface area (Å²) in [6.45, 7) is 0. The maximum atomic E-state index is 5.44. The van der Waals surface area contributed by atoms with Crippen LogP contribution in [0, 0.1) is 0 Å². The van der Waals surface area contributed by atoms with E-state index in [1.54, 1.807) is 0 Å². The highest BCUT2D eigenvalue weighted by atomic mass is 32.1. The number of aromatic nitrogens is 1. The monoisotopic (exact) mass is 663 g/mol. The van der Waals surface area contributed by atoms with E-state index in [2.05, 4.69) is 176 Å². The molecule has 11 aromatic rings. The van der Waals surface area contributed by atoms with Crippen molar-refractivity contribution >= 4 is 85.5 Å². The van der Waals surface area contributed by atoms with E-state index >= 15 is 0 Å². The number of fused-ring (bicyclic) bond motifs is 10. The lowest BCUT2D eigenvalue weighted by Crippen LogP contribution is -1.92. The number of rotatable bonds is 3. The number of pyridine rings is 1. The fourth-order valence-electron chi connectivity index (χ4n) is 8.26. The molecule has 0 aliphatic heterocycles. The zero-order valence-corrected chi connectivity index (χ0v) is 28.4. The van der Waals surface area contributed by atoms with E-state index in [-0.39, 0.29) is 0 Å². The van der Waals surface area contributed by atoms with E-state index in [0.717, 1.165) is 16.8 Å². The third kappa shape index (κ3) is 4.37. The molecule has 0 saturated heterocycles. The Morgan fingerprint density at radius 1 is 0.373 bits per heavy atom. The van der Waals surface area contributed by atoms with Gasteiger partial charge in [-0.2, -0.15) is 0 Å². The van der Waals surface area contributed by atoms with E-state index in [1.165, 1.54) is 90.9 Å². The van der Waals surface area contributed by atoms with Gasteiger partial charge in [0.05, 0.1) is 11.2 Å². The molecule has 0 aliphatic rings. The molecule has 51 heavy (non-hydrogen) atoms. The Labute approximate surface area is 298 Å². The molecule has 0 atom stereocenters. The van der Waals surface area contributed by atoms with Gasteiger partial charge in [0.2, 0.25) is 0 Å². The first-order valence-corrected chi connectivity index (χ1v) is 18.3. The summed E-state index contributed by atoms with van der Waals surface area (Å²) in [5.74, 6) is 0. The van der Waals surface area contributed by atoms with Gasteiger partial charge < -0.3 is 0 Å². The van der Waals surface area contributed by atoms with Crippen LogP contribution in [0.5, 0.6) is 0 Å². The number of nitrogens with zero attached hydrogens (tertiary/aromatic N) is 1. The average Bonchev–Trinajstić information content (AvgIpc) is 3.58. The average molecular weight is 664 g/mol. The smallest absolute Gasteiger partial charge is 0.0802 e. The van der Waals surface area contributed by atoms with Gasteiger partial charge in [-0.25, -0.2) is 4.98 Å². The molecule has 236 valence electrons. The second-order valence-electron chi connectivity index (χ2n) is 13.5. The molecule has 0 saturated carbocycles. The maximum absolute atomic E-state index is 5.44. The van der Waals surface area contributed by atoms with Crippen molar-refractivity contribution in [3.05, 3.63) is 176 Å². The van der Waals surface area contributed by atoms with Crippen LogP contribution < -0.4 is 0 Å². The molecule has 11 rings (SSSR count). The summed E-state index contributed by atoms with van der Waals surface area (Å²) in [6, 6.07) is 64.4. The lowest BCUT2D eigenvalue weighted by atomic mass is 9.87. The van der Waals surface area contributed by atoms with Gasteiger partial charge >= 0.3 is 0 Å². The van der Waals surface area contributed by atoms with Gasteiger partial charge in [0.25, 0.3) is 0 Å². The highest BCUT2D eigenvalue weighted by Crippen LogP contribution is 2.45. The molecule has 0 bridgehead atoms. The van der Waals surface area contributed by atoms with Gasteiger partial charge in [0, 0.05) is 36.5 Å². The van der Waals surface area contributed by atoms with Crippen LogP contribution in [0.2, 0.25) is 0 Å². The van der Waals surface area contributed by atoms with Crippen LogP contribution >= 0.6 is 11.3 Å². The van der Waals surface area contributed by atoms with Crippen molar-refractivity contribution in [3.8, 4) is 33.5 Å². The fraction of sp³-hybridized carbons (Fsp3) is 0. The Hall–Kier alpha value is -6.35. The van der Waals surface area contributed by atoms with Crippen LogP contribution in [0.3, 0.4) is 0 Å². The van der Waals surface area contributed by atoms with E-state index < -0.39 is 0 Å². The standard InChI is InChI=1S/C49H29NS/c1-2-12-31-27-33(24-23-30(31)11-1)36-19-10-20-40-43(36)29-32-13-3-4-16-37(32)46(40)34-14-9-15-35(28-34)48-47-41(38-17-5-7-21-44(38)50-48)25-26-42-39-18-6-8-22-45(39)51-49(42)47/h1-29H. The third-order valence-electron chi connectivity index (χ3n) is 10.6. The topological polar surface area (TPSA) is 12.9 Å². The molecule has 0 fully saturated rings. The van der Waals surface area contributed by atoms with Crippen molar-refractivity contribution in [3.63, 3.8) is 0 Å². The van der Waals surface area contributed by atoms with Crippen molar-refractivity contribution in [2.24, 2.45) is 0 Å². The van der Waals surface area contributed by atoms with E-state index in [1.807, 2.05) is 11.3 Å². The zero-order valence-electron chi connectivity index (χ0n) is 27.6. The number of benzene rings is 9. The first kappa shape index (κ1) is 28.5. The highest BCUT2D eigenvalue weighted by molar-refractivity contribution is 7.26. The Bertz CT molecular complexity index is 3200. The van der Waals surface area contributed by atoms with E-state index in [9.17, 15) is 0 Å². The quantitative estimate of drug-likeness (QED) is 0.135. The van der Waals surface area contributed by atoms with Crippen molar-refractivity contribution in [2.45, 2.75) is 0 Å². The Kier molecular flexibility index (Phi) is 6.19. The Morgan fingerprint density at radius 3 is 2.00 bits per heavy atom. The van der Waals surface area contributed by atoms with Crippen LogP contribution in [0.4, 0.5) is 0 Å². The lowest BCUT2D eigenvalue weighted by molar-refractivity contribution is 1.43. The molecule has 0 unspecified atom stereocenters. The molecule has 0 radical (unpaired) electrons. The van der Waals surface area contributed by atoms with Crippen molar-refractivity contribution in [2.75, 3.05) is 0 Å². The summed E-state index contributed by atoms with van der Waals surface area (Å²) in [6.07, 6.45) is 0. The summed E-state index contributed by atoms with van der Waals surface area (Å²) in [7, 11) is 0. The number of hydrogen-bond donors (Lipinski definition) is 0. The minimum atomic E-state index is 1.02. The van der Waals surface area contributed by atoms with Crippen LogP contribution in [-0.4, -0.2) is 4.98 Å². The molecule has 0 N–H and O–H groups in total. The molecule has 0 spiro atoms. The molecule has 1 nitrogen and oxygen atoms in total. The first-order chi connectivity index (χ1) is 25.3. The molecule has 2 heterocycles. The van der Waals surface area contributed by atoms with Crippen molar-refractivity contribution in [1.82, 2.24) is 4.98 Å². The van der Waals surface area contributed by atoms with Gasteiger partial charge in [-0.05, 0) is 90.3 Å². The lowest BCUT2D eigenvalue weighted by Gasteiger charge is -2.17. The number of para-hydroxylation sites is 1. The summed E-state index contributed by atoms with van der Waals surface area (Å²) in [5, 5.41) is 13.8. The minimum Gasteiger partial charge on any atom is -0.247 e. The van der Waals surface area contributed by atoms with Crippen LogP contribution in [0.1, 0.15) is 0 Å². The Balaban J connectivity index is 1.19. The highest BCUT2D eigenvalue weighted by Gasteiger charge is 2.19. The predicted molar refractivity (Wildman–Crippen MR) is 221 cm³/mol. The second-order valence-corrected chi connectivity index (χ2v) is 14.5. The maximum Gasteiger partial charge on any atom is 0.0802 e. The fourth-order valence-corrected chi connectivity index (χ4v) is 9.52. The van der Waals surface area contributed by atoms with Gasteiger partial charge in [0.1, 0.15) is 0 Å². The normalized spacial score (nSPS) is 11.9. The molecule has 9 aromatic carbocycles. The zero-order chi connectivity index (χ0) is 33.5. The first-order valence-electron chi connectivity index (χ1n) is 17.5. The van der Waals surface area contributed by atoms with Crippen molar-refractivity contribution in [1.29, 1.82) is 0 Å². The molecule has 2 aromatic heterocycles. The SMILES string of the molecule is c1cc(-c2c3ccccc3cc3c(-c4ccc5ccccc5c4)cccc23)cc(-c2nc3ccccc3c3ccc4c5ccccc5sc4c23)c1. The number of hydrogen-bond acceptors (Lipinski definition) is 2. The molecular weight excluding hydrogens is 635 g/mol. The van der Waals surface area contributed by atoms with Gasteiger partial charge in [-0.3, -0.25) is 0 Å². The predicted octanol–water partition coefficient (Wildman–Crippen LogP) is 14.2.